The fourth-order valence-corrected chi connectivity index (χ4v) is 3.41. The maximum Gasteiger partial charge on any atom is 0.410 e. The molecule has 0 aromatic heterocycles. The van der Waals surface area contributed by atoms with Gasteiger partial charge in [-0.2, -0.15) is 0 Å². The van der Waals surface area contributed by atoms with E-state index in [4.69, 9.17) is 10.5 Å². The molecule has 2 amide bonds. The first kappa shape index (κ1) is 17.7. The van der Waals surface area contributed by atoms with Gasteiger partial charge in [-0.1, -0.05) is 30.3 Å². The van der Waals surface area contributed by atoms with E-state index in [-0.39, 0.29) is 30.7 Å². The Morgan fingerprint density at radius 1 is 1.24 bits per heavy atom. The summed E-state index contributed by atoms with van der Waals surface area (Å²) in [7, 11) is 0. The highest BCUT2D eigenvalue weighted by molar-refractivity contribution is 5.81. The zero-order chi connectivity index (χ0) is 17.8. The predicted molar refractivity (Wildman–Crippen MR) is 94.7 cm³/mol. The van der Waals surface area contributed by atoms with Crippen molar-refractivity contribution in [3.8, 4) is 0 Å². The minimum atomic E-state index is -0.502. The molecule has 1 aromatic rings. The van der Waals surface area contributed by atoms with Crippen molar-refractivity contribution in [3.05, 3.63) is 35.9 Å². The number of nitrogens with zero attached hydrogens (tertiary/aromatic N) is 2. The quantitative estimate of drug-likeness (QED) is 0.887. The molecule has 136 valence electrons. The Morgan fingerprint density at radius 3 is 2.60 bits per heavy atom. The van der Waals surface area contributed by atoms with E-state index in [9.17, 15) is 9.59 Å². The summed E-state index contributed by atoms with van der Waals surface area (Å²) in [6.07, 6.45) is 3.54. The maximum atomic E-state index is 12.7. The molecule has 2 atom stereocenters. The van der Waals surface area contributed by atoms with Gasteiger partial charge in [0.1, 0.15) is 6.61 Å². The van der Waals surface area contributed by atoms with Crippen LogP contribution in [-0.4, -0.2) is 53.0 Å². The summed E-state index contributed by atoms with van der Waals surface area (Å²) < 4.78 is 5.55. The highest BCUT2D eigenvalue weighted by Crippen LogP contribution is 2.32. The van der Waals surface area contributed by atoms with Crippen molar-refractivity contribution in [3.63, 3.8) is 0 Å². The standard InChI is InChI=1S/C19H27N3O3/c1-14(20)18(23)21-11-5-8-17(12-21)22(16-9-10-16)19(24)25-13-15-6-3-2-4-7-15/h2-4,6-7,14,16-17H,5,8-13,20H2,1H3. The number of ether oxygens (including phenoxy) is 1. The van der Waals surface area contributed by atoms with E-state index in [0.717, 1.165) is 31.2 Å². The molecule has 0 spiro atoms. The molecule has 0 bridgehead atoms. The highest BCUT2D eigenvalue weighted by Gasteiger charge is 2.40. The van der Waals surface area contributed by atoms with E-state index in [0.29, 0.717) is 13.1 Å². The van der Waals surface area contributed by atoms with E-state index >= 15 is 0 Å². The topological polar surface area (TPSA) is 75.9 Å². The second kappa shape index (κ2) is 7.87. The molecule has 6 nitrogen and oxygen atoms in total. The van der Waals surface area contributed by atoms with E-state index < -0.39 is 6.04 Å². The van der Waals surface area contributed by atoms with E-state index in [2.05, 4.69) is 0 Å². The average molecular weight is 345 g/mol. The summed E-state index contributed by atoms with van der Waals surface area (Å²) in [5.74, 6) is -0.0434. The van der Waals surface area contributed by atoms with Crippen LogP contribution in [0.25, 0.3) is 0 Å². The first-order valence-electron chi connectivity index (χ1n) is 9.09. The summed E-state index contributed by atoms with van der Waals surface area (Å²) in [4.78, 5) is 28.5. The summed E-state index contributed by atoms with van der Waals surface area (Å²) in [5, 5.41) is 0. The Hall–Kier alpha value is -2.08. The minimum absolute atomic E-state index is 0.0206. The lowest BCUT2D eigenvalue weighted by Gasteiger charge is -2.39. The molecule has 3 rings (SSSR count). The predicted octanol–water partition coefficient (Wildman–Crippen LogP) is 2.13. The number of hydrogen-bond acceptors (Lipinski definition) is 4. The SMILES string of the molecule is CC(N)C(=O)N1CCCC(N(C(=O)OCc2ccccc2)C2CC2)C1. The minimum Gasteiger partial charge on any atom is -0.445 e. The summed E-state index contributed by atoms with van der Waals surface area (Å²) >= 11 is 0. The van der Waals surface area contributed by atoms with Gasteiger partial charge in [-0.25, -0.2) is 4.79 Å². The lowest BCUT2D eigenvalue weighted by atomic mass is 10.0. The Labute approximate surface area is 148 Å². The van der Waals surface area contributed by atoms with Gasteiger partial charge in [-0.3, -0.25) is 4.79 Å². The number of likely N-dealkylation sites (tertiary alicyclic amines) is 1. The highest BCUT2D eigenvalue weighted by atomic mass is 16.6. The maximum absolute atomic E-state index is 12.7. The van der Waals surface area contributed by atoms with E-state index in [1.165, 1.54) is 0 Å². The molecular weight excluding hydrogens is 318 g/mol. The molecule has 2 N–H and O–H groups in total. The molecule has 1 saturated heterocycles. The molecule has 6 heteroatoms. The molecule has 2 fully saturated rings. The van der Waals surface area contributed by atoms with Gasteiger partial charge in [0.2, 0.25) is 5.91 Å². The Morgan fingerprint density at radius 2 is 1.96 bits per heavy atom. The van der Waals surface area contributed by atoms with Crippen molar-refractivity contribution in [2.24, 2.45) is 5.73 Å². The van der Waals surface area contributed by atoms with Gasteiger partial charge >= 0.3 is 6.09 Å². The van der Waals surface area contributed by atoms with Crippen molar-refractivity contribution in [2.45, 2.75) is 57.3 Å². The molecule has 1 aromatic carbocycles. The van der Waals surface area contributed by atoms with Crippen LogP contribution in [0.1, 0.15) is 38.2 Å². The molecule has 2 aliphatic rings. The van der Waals surface area contributed by atoms with Crippen molar-refractivity contribution >= 4 is 12.0 Å². The lowest BCUT2D eigenvalue weighted by Crippen LogP contribution is -2.54. The van der Waals surface area contributed by atoms with Crippen molar-refractivity contribution in [1.29, 1.82) is 0 Å². The monoisotopic (exact) mass is 345 g/mol. The lowest BCUT2D eigenvalue weighted by molar-refractivity contribution is -0.134. The molecule has 2 unspecified atom stereocenters. The number of hydrogen-bond donors (Lipinski definition) is 1. The van der Waals surface area contributed by atoms with Crippen LogP contribution in [0.4, 0.5) is 4.79 Å². The van der Waals surface area contributed by atoms with Crippen LogP contribution in [0.3, 0.4) is 0 Å². The molecule has 1 aliphatic heterocycles. The number of carbonyl (C=O) groups excluding carboxylic acids is 2. The van der Waals surface area contributed by atoms with Gasteiger partial charge in [0, 0.05) is 19.1 Å². The molecule has 1 saturated carbocycles. The third-order valence-electron chi connectivity index (χ3n) is 4.85. The van der Waals surface area contributed by atoms with Gasteiger partial charge < -0.3 is 20.3 Å². The van der Waals surface area contributed by atoms with E-state index in [1.54, 1.807) is 11.8 Å². The van der Waals surface area contributed by atoms with Crippen LogP contribution < -0.4 is 5.73 Å². The zero-order valence-corrected chi connectivity index (χ0v) is 14.8. The first-order chi connectivity index (χ1) is 12.1. The van der Waals surface area contributed by atoms with Gasteiger partial charge in [0.05, 0.1) is 12.1 Å². The zero-order valence-electron chi connectivity index (χ0n) is 14.8. The van der Waals surface area contributed by atoms with Crippen LogP contribution in [0, 0.1) is 0 Å². The summed E-state index contributed by atoms with van der Waals surface area (Å²) in [6, 6.07) is 9.45. The molecular formula is C19H27N3O3. The number of piperidine rings is 1. The molecule has 1 aliphatic carbocycles. The molecule has 25 heavy (non-hydrogen) atoms. The summed E-state index contributed by atoms with van der Waals surface area (Å²) in [6.45, 7) is 3.25. The average Bonchev–Trinajstić information content (AvgIpc) is 3.45. The number of benzene rings is 1. The van der Waals surface area contributed by atoms with Gasteiger partial charge in [-0.05, 0) is 38.2 Å². The largest absolute Gasteiger partial charge is 0.445 e. The normalized spacial score (nSPS) is 21.5. The number of carbonyl (C=O) groups is 2. The fourth-order valence-electron chi connectivity index (χ4n) is 3.41. The Balaban J connectivity index is 1.62. The number of rotatable bonds is 5. The smallest absolute Gasteiger partial charge is 0.410 e. The van der Waals surface area contributed by atoms with Crippen LogP contribution >= 0.6 is 0 Å². The van der Waals surface area contributed by atoms with Gasteiger partial charge in [0.15, 0.2) is 0 Å². The van der Waals surface area contributed by atoms with Crippen molar-refractivity contribution in [2.75, 3.05) is 13.1 Å². The Bertz CT molecular complexity index is 601. The number of nitrogens with two attached hydrogens (primary N) is 1. The van der Waals surface area contributed by atoms with Crippen molar-refractivity contribution in [1.82, 2.24) is 9.80 Å². The van der Waals surface area contributed by atoms with Crippen LogP contribution in [-0.2, 0) is 16.1 Å². The van der Waals surface area contributed by atoms with Gasteiger partial charge in [-0.15, -0.1) is 0 Å². The first-order valence-corrected chi connectivity index (χ1v) is 9.09. The second-order valence-electron chi connectivity index (χ2n) is 7.05. The van der Waals surface area contributed by atoms with Crippen molar-refractivity contribution < 1.29 is 14.3 Å². The van der Waals surface area contributed by atoms with Crippen LogP contribution in [0.15, 0.2) is 30.3 Å². The van der Waals surface area contributed by atoms with Gasteiger partial charge in [0.25, 0.3) is 0 Å². The Kier molecular flexibility index (Phi) is 5.58. The molecule has 0 radical (unpaired) electrons. The number of amides is 2. The fraction of sp³-hybridized carbons (Fsp3) is 0.579. The summed E-state index contributed by atoms with van der Waals surface area (Å²) in [5.41, 5.74) is 6.71. The second-order valence-corrected chi connectivity index (χ2v) is 7.05. The molecule has 1 heterocycles. The van der Waals surface area contributed by atoms with Crippen LogP contribution in [0.5, 0.6) is 0 Å². The third-order valence-corrected chi connectivity index (χ3v) is 4.85. The third kappa shape index (κ3) is 4.51. The van der Waals surface area contributed by atoms with E-state index in [1.807, 2.05) is 35.2 Å². The van der Waals surface area contributed by atoms with Crippen LogP contribution in [0.2, 0.25) is 0 Å².